The van der Waals surface area contributed by atoms with Gasteiger partial charge in [-0.05, 0) is 23.9 Å². The van der Waals surface area contributed by atoms with Crippen molar-refractivity contribution in [1.29, 1.82) is 0 Å². The summed E-state index contributed by atoms with van der Waals surface area (Å²) in [6, 6.07) is 11.0. The molecule has 1 aromatic heterocycles. The number of non-ortho nitro benzene ring substituents is 1. The highest BCUT2D eigenvalue weighted by molar-refractivity contribution is 6.10. The first-order valence-electron chi connectivity index (χ1n) is 5.59. The molecule has 0 bridgehead atoms. The molecule has 0 radical (unpaired) electrons. The fourth-order valence-corrected chi connectivity index (χ4v) is 2.25. The van der Waals surface area contributed by atoms with Crippen molar-refractivity contribution in [1.82, 2.24) is 4.98 Å². The SMILES string of the molecule is Cc1cc([N+](=O)[O-])c2c(c1)ncc1ccccc12. The molecule has 1 heterocycles. The Bertz CT molecular complexity index is 781. The van der Waals surface area contributed by atoms with Crippen LogP contribution < -0.4 is 0 Å². The normalized spacial score (nSPS) is 10.9. The average molecular weight is 238 g/mol. The second-order valence-corrected chi connectivity index (χ2v) is 4.28. The summed E-state index contributed by atoms with van der Waals surface area (Å²) < 4.78 is 0. The zero-order valence-electron chi connectivity index (χ0n) is 9.75. The molecule has 0 aliphatic heterocycles. The molecule has 18 heavy (non-hydrogen) atoms. The number of rotatable bonds is 1. The van der Waals surface area contributed by atoms with Crippen LogP contribution in [0.25, 0.3) is 21.7 Å². The van der Waals surface area contributed by atoms with Gasteiger partial charge in [0.25, 0.3) is 5.69 Å². The zero-order valence-corrected chi connectivity index (χ0v) is 9.75. The molecule has 0 aliphatic carbocycles. The smallest absolute Gasteiger partial charge is 0.258 e. The van der Waals surface area contributed by atoms with E-state index in [1.54, 1.807) is 12.3 Å². The molecule has 0 saturated heterocycles. The Morgan fingerprint density at radius 3 is 2.78 bits per heavy atom. The fourth-order valence-electron chi connectivity index (χ4n) is 2.25. The zero-order chi connectivity index (χ0) is 12.7. The summed E-state index contributed by atoms with van der Waals surface area (Å²) in [7, 11) is 0. The molecule has 0 unspecified atom stereocenters. The largest absolute Gasteiger partial charge is 0.279 e. The van der Waals surface area contributed by atoms with Crippen LogP contribution in [0.2, 0.25) is 0 Å². The Balaban J connectivity index is 2.59. The van der Waals surface area contributed by atoms with Crippen LogP contribution in [0.15, 0.2) is 42.6 Å². The molecule has 0 amide bonds. The van der Waals surface area contributed by atoms with E-state index in [9.17, 15) is 10.1 Å². The first-order valence-corrected chi connectivity index (χ1v) is 5.59. The van der Waals surface area contributed by atoms with E-state index in [1.807, 2.05) is 37.3 Å². The maximum atomic E-state index is 11.2. The summed E-state index contributed by atoms with van der Waals surface area (Å²) in [6.07, 6.45) is 1.75. The minimum Gasteiger partial charge on any atom is -0.258 e. The van der Waals surface area contributed by atoms with Gasteiger partial charge in [-0.25, -0.2) is 0 Å². The van der Waals surface area contributed by atoms with Crippen LogP contribution in [0.4, 0.5) is 5.69 Å². The summed E-state index contributed by atoms with van der Waals surface area (Å²) >= 11 is 0. The number of nitrogens with zero attached hydrogens (tertiary/aromatic N) is 2. The molecule has 0 N–H and O–H groups in total. The summed E-state index contributed by atoms with van der Waals surface area (Å²) in [5.74, 6) is 0. The molecule has 4 heteroatoms. The van der Waals surface area contributed by atoms with E-state index in [-0.39, 0.29) is 10.6 Å². The predicted molar refractivity (Wildman–Crippen MR) is 70.6 cm³/mol. The van der Waals surface area contributed by atoms with Crippen LogP contribution in [0.3, 0.4) is 0 Å². The molecule has 3 aromatic rings. The lowest BCUT2D eigenvalue weighted by molar-refractivity contribution is -0.383. The van der Waals surface area contributed by atoms with Gasteiger partial charge >= 0.3 is 0 Å². The Kier molecular flexibility index (Phi) is 2.23. The van der Waals surface area contributed by atoms with E-state index < -0.39 is 0 Å². The molecule has 0 saturated carbocycles. The van der Waals surface area contributed by atoms with Crippen LogP contribution in [-0.4, -0.2) is 9.91 Å². The summed E-state index contributed by atoms with van der Waals surface area (Å²) in [6.45, 7) is 1.84. The van der Waals surface area contributed by atoms with Crippen molar-refractivity contribution >= 4 is 27.4 Å². The third-order valence-corrected chi connectivity index (χ3v) is 3.01. The molecule has 0 fully saturated rings. The molecular weight excluding hydrogens is 228 g/mol. The van der Waals surface area contributed by atoms with Gasteiger partial charge in [-0.1, -0.05) is 24.3 Å². The molecule has 3 rings (SSSR count). The van der Waals surface area contributed by atoms with Crippen LogP contribution in [0, 0.1) is 17.0 Å². The number of hydrogen-bond donors (Lipinski definition) is 0. The van der Waals surface area contributed by atoms with Crippen LogP contribution in [0.5, 0.6) is 0 Å². The predicted octanol–water partition coefficient (Wildman–Crippen LogP) is 3.60. The second-order valence-electron chi connectivity index (χ2n) is 4.28. The number of benzene rings is 2. The van der Waals surface area contributed by atoms with Gasteiger partial charge < -0.3 is 0 Å². The first-order chi connectivity index (χ1) is 8.66. The molecule has 0 atom stereocenters. The Hall–Kier alpha value is -2.49. The van der Waals surface area contributed by atoms with Crippen molar-refractivity contribution in [3.63, 3.8) is 0 Å². The minimum absolute atomic E-state index is 0.120. The summed E-state index contributed by atoms with van der Waals surface area (Å²) in [5.41, 5.74) is 1.63. The van der Waals surface area contributed by atoms with Crippen molar-refractivity contribution in [3.05, 3.63) is 58.3 Å². The standard InChI is InChI=1S/C14H10N2O2/c1-9-6-12-14(13(7-9)16(17)18)11-5-3-2-4-10(11)8-15-12/h2-8H,1H3. The third kappa shape index (κ3) is 1.50. The molecular formula is C14H10N2O2. The lowest BCUT2D eigenvalue weighted by Crippen LogP contribution is -1.93. The van der Waals surface area contributed by atoms with Crippen molar-refractivity contribution in [2.75, 3.05) is 0 Å². The van der Waals surface area contributed by atoms with Crippen LogP contribution >= 0.6 is 0 Å². The number of pyridine rings is 1. The van der Waals surface area contributed by atoms with Crippen molar-refractivity contribution in [2.45, 2.75) is 6.92 Å². The highest BCUT2D eigenvalue weighted by Crippen LogP contribution is 2.32. The van der Waals surface area contributed by atoms with Gasteiger partial charge in [0, 0.05) is 17.6 Å². The van der Waals surface area contributed by atoms with Crippen molar-refractivity contribution < 1.29 is 4.92 Å². The maximum absolute atomic E-state index is 11.2. The number of nitro groups is 1. The highest BCUT2D eigenvalue weighted by atomic mass is 16.6. The number of hydrogen-bond acceptors (Lipinski definition) is 3. The number of aryl methyl sites for hydroxylation is 1. The van der Waals surface area contributed by atoms with Crippen molar-refractivity contribution in [3.8, 4) is 0 Å². The average Bonchev–Trinajstić information content (AvgIpc) is 2.37. The molecule has 4 nitrogen and oxygen atoms in total. The van der Waals surface area contributed by atoms with E-state index in [4.69, 9.17) is 0 Å². The van der Waals surface area contributed by atoms with Gasteiger partial charge in [0.2, 0.25) is 0 Å². The fraction of sp³-hybridized carbons (Fsp3) is 0.0714. The lowest BCUT2D eigenvalue weighted by Gasteiger charge is -2.05. The van der Waals surface area contributed by atoms with E-state index in [0.717, 1.165) is 16.3 Å². The molecule has 0 aliphatic rings. The van der Waals surface area contributed by atoms with Gasteiger partial charge in [0.15, 0.2) is 0 Å². The van der Waals surface area contributed by atoms with E-state index in [1.165, 1.54) is 0 Å². The van der Waals surface area contributed by atoms with E-state index >= 15 is 0 Å². The van der Waals surface area contributed by atoms with Crippen LogP contribution in [-0.2, 0) is 0 Å². The lowest BCUT2D eigenvalue weighted by atomic mass is 10.0. The van der Waals surface area contributed by atoms with E-state index in [0.29, 0.717) is 10.9 Å². The highest BCUT2D eigenvalue weighted by Gasteiger charge is 2.16. The maximum Gasteiger partial charge on any atom is 0.279 e. The summed E-state index contributed by atoms with van der Waals surface area (Å²) in [5, 5.41) is 13.6. The van der Waals surface area contributed by atoms with Crippen LogP contribution in [0.1, 0.15) is 5.56 Å². The molecule has 2 aromatic carbocycles. The van der Waals surface area contributed by atoms with E-state index in [2.05, 4.69) is 4.98 Å². The van der Waals surface area contributed by atoms with Crippen molar-refractivity contribution in [2.24, 2.45) is 0 Å². The van der Waals surface area contributed by atoms with Gasteiger partial charge in [-0.3, -0.25) is 15.1 Å². The Morgan fingerprint density at radius 2 is 2.00 bits per heavy atom. The monoisotopic (exact) mass is 238 g/mol. The van der Waals surface area contributed by atoms with Gasteiger partial charge in [0.1, 0.15) is 0 Å². The number of nitro benzene ring substituents is 1. The third-order valence-electron chi connectivity index (χ3n) is 3.01. The first kappa shape index (κ1) is 10.7. The summed E-state index contributed by atoms with van der Waals surface area (Å²) in [4.78, 5) is 15.2. The minimum atomic E-state index is -0.344. The quantitative estimate of drug-likeness (QED) is 0.369. The Morgan fingerprint density at radius 1 is 1.22 bits per heavy atom. The second kappa shape index (κ2) is 3.77. The topological polar surface area (TPSA) is 56.0 Å². The molecule has 0 spiro atoms. The van der Waals surface area contributed by atoms with Gasteiger partial charge in [-0.2, -0.15) is 0 Å². The molecule has 88 valence electrons. The van der Waals surface area contributed by atoms with Gasteiger partial charge in [-0.15, -0.1) is 0 Å². The number of fused-ring (bicyclic) bond motifs is 3. The number of aromatic nitrogens is 1. The Labute approximate surface area is 103 Å². The van der Waals surface area contributed by atoms with Gasteiger partial charge in [0.05, 0.1) is 15.8 Å².